The normalized spacial score (nSPS) is 11.1. The van der Waals surface area contributed by atoms with Gasteiger partial charge in [-0.05, 0) is 43.3 Å². The third kappa shape index (κ3) is 2.80. The summed E-state index contributed by atoms with van der Waals surface area (Å²) in [6, 6.07) is 9.36. The van der Waals surface area contributed by atoms with Gasteiger partial charge in [-0.1, -0.05) is 11.3 Å². The number of H-pyrrole nitrogens is 1. The molecule has 0 saturated heterocycles. The van der Waals surface area contributed by atoms with Crippen LogP contribution in [0.1, 0.15) is 17.4 Å². The zero-order valence-electron chi connectivity index (χ0n) is 13.3. The Balaban J connectivity index is 1.77. The summed E-state index contributed by atoms with van der Waals surface area (Å²) in [5, 5.41) is 14.5. The van der Waals surface area contributed by atoms with Crippen LogP contribution in [0.5, 0.6) is 0 Å². The molecule has 0 atom stereocenters. The fourth-order valence-electron chi connectivity index (χ4n) is 2.61. The Morgan fingerprint density at radius 3 is 2.80 bits per heavy atom. The summed E-state index contributed by atoms with van der Waals surface area (Å²) < 4.78 is 13.9. The highest BCUT2D eigenvalue weighted by Crippen LogP contribution is 2.34. The lowest BCUT2D eigenvalue weighted by Gasteiger charge is -2.03. The van der Waals surface area contributed by atoms with E-state index < -0.39 is 0 Å². The molecule has 2 heterocycles. The number of hydrogen-bond acceptors (Lipinski definition) is 5. The Labute approximate surface area is 146 Å². The van der Waals surface area contributed by atoms with Crippen molar-refractivity contribution in [1.29, 1.82) is 0 Å². The van der Waals surface area contributed by atoms with Gasteiger partial charge in [-0.15, -0.1) is 0 Å². The number of amides is 1. The maximum Gasteiger partial charge on any atom is 0.276 e. The summed E-state index contributed by atoms with van der Waals surface area (Å²) >= 11 is 1.48. The summed E-state index contributed by atoms with van der Waals surface area (Å²) in [6.45, 7) is 2.77. The number of rotatable bonds is 4. The number of carbonyl (C=O) groups is 1. The number of nitrogens with one attached hydrogen (secondary N) is 3. The van der Waals surface area contributed by atoms with Gasteiger partial charge in [0.2, 0.25) is 0 Å². The molecule has 0 aliphatic heterocycles. The third-order valence-corrected chi connectivity index (χ3v) is 4.77. The first-order valence-corrected chi connectivity index (χ1v) is 8.55. The number of anilines is 2. The van der Waals surface area contributed by atoms with Gasteiger partial charge in [-0.25, -0.2) is 9.37 Å². The van der Waals surface area contributed by atoms with E-state index in [1.165, 1.54) is 35.6 Å². The quantitative estimate of drug-likeness (QED) is 0.517. The molecular formula is C17H14FN5OS. The van der Waals surface area contributed by atoms with E-state index in [0.29, 0.717) is 5.69 Å². The molecule has 0 spiro atoms. The first kappa shape index (κ1) is 15.5. The van der Waals surface area contributed by atoms with E-state index in [1.807, 2.05) is 19.1 Å². The summed E-state index contributed by atoms with van der Waals surface area (Å²) in [6.07, 6.45) is 0. The Bertz CT molecular complexity index is 1070. The Kier molecular flexibility index (Phi) is 3.81. The lowest BCUT2D eigenvalue weighted by molar-refractivity contribution is 0.102. The van der Waals surface area contributed by atoms with E-state index in [-0.39, 0.29) is 17.4 Å². The highest BCUT2D eigenvalue weighted by Gasteiger charge is 2.19. The molecule has 0 aliphatic rings. The van der Waals surface area contributed by atoms with Gasteiger partial charge in [0.15, 0.2) is 10.8 Å². The van der Waals surface area contributed by atoms with Crippen molar-refractivity contribution in [3.05, 3.63) is 47.9 Å². The van der Waals surface area contributed by atoms with Crippen LogP contribution >= 0.6 is 11.3 Å². The number of carbonyl (C=O) groups excluding carboxylic acids is 1. The van der Waals surface area contributed by atoms with Crippen molar-refractivity contribution in [2.75, 3.05) is 17.2 Å². The molecule has 4 aromatic rings. The van der Waals surface area contributed by atoms with Crippen molar-refractivity contribution in [3.63, 3.8) is 0 Å². The summed E-state index contributed by atoms with van der Waals surface area (Å²) in [5.74, 6) is -0.714. The van der Waals surface area contributed by atoms with Crippen molar-refractivity contribution >= 4 is 49.2 Å². The zero-order chi connectivity index (χ0) is 17.4. The standard InChI is InChI=1S/C17H14FN5OS/c1-2-19-17-21-12-8-7-11-13(15(12)25-17)14(23-22-11)16(24)20-10-5-3-9(18)4-6-10/h3-8H,2H2,1H3,(H,19,21)(H,20,24)(H,22,23). The molecule has 1 amide bonds. The van der Waals surface area contributed by atoms with Gasteiger partial charge >= 0.3 is 0 Å². The Hall–Kier alpha value is -3.00. The second-order valence-corrected chi connectivity index (χ2v) is 6.42. The second-order valence-electron chi connectivity index (χ2n) is 5.42. The van der Waals surface area contributed by atoms with Gasteiger partial charge in [-0.2, -0.15) is 5.10 Å². The van der Waals surface area contributed by atoms with Gasteiger partial charge in [0.25, 0.3) is 5.91 Å². The van der Waals surface area contributed by atoms with Crippen LogP contribution in [0.3, 0.4) is 0 Å². The number of aromatic amines is 1. The Morgan fingerprint density at radius 1 is 1.24 bits per heavy atom. The van der Waals surface area contributed by atoms with Crippen LogP contribution in [-0.2, 0) is 0 Å². The average molecular weight is 355 g/mol. The molecule has 0 bridgehead atoms. The van der Waals surface area contributed by atoms with Crippen molar-refractivity contribution in [3.8, 4) is 0 Å². The Morgan fingerprint density at radius 2 is 2.04 bits per heavy atom. The SMILES string of the molecule is CCNc1nc2ccc3[nH]nc(C(=O)Nc4ccc(F)cc4)c3c2s1. The van der Waals surface area contributed by atoms with Gasteiger partial charge in [-0.3, -0.25) is 9.89 Å². The van der Waals surface area contributed by atoms with E-state index in [4.69, 9.17) is 0 Å². The summed E-state index contributed by atoms with van der Waals surface area (Å²) in [7, 11) is 0. The molecule has 0 saturated carbocycles. The molecule has 0 fully saturated rings. The van der Waals surface area contributed by atoms with Crippen molar-refractivity contribution in [2.45, 2.75) is 6.92 Å². The van der Waals surface area contributed by atoms with Gasteiger partial charge in [0.1, 0.15) is 5.82 Å². The predicted molar refractivity (Wildman–Crippen MR) is 97.8 cm³/mol. The molecule has 6 nitrogen and oxygen atoms in total. The number of aromatic nitrogens is 3. The van der Waals surface area contributed by atoms with Crippen LogP contribution in [-0.4, -0.2) is 27.6 Å². The molecule has 3 N–H and O–H groups in total. The molecule has 2 aromatic heterocycles. The first-order chi connectivity index (χ1) is 12.2. The lowest BCUT2D eigenvalue weighted by Crippen LogP contribution is -2.12. The van der Waals surface area contributed by atoms with Crippen LogP contribution in [0, 0.1) is 5.82 Å². The molecule has 25 heavy (non-hydrogen) atoms. The molecule has 0 aliphatic carbocycles. The fourth-order valence-corrected chi connectivity index (χ4v) is 3.69. The van der Waals surface area contributed by atoms with E-state index in [2.05, 4.69) is 25.8 Å². The van der Waals surface area contributed by atoms with Crippen molar-refractivity contribution < 1.29 is 9.18 Å². The van der Waals surface area contributed by atoms with Gasteiger partial charge in [0.05, 0.1) is 21.1 Å². The molecule has 0 unspecified atom stereocenters. The fraction of sp³-hybridized carbons (Fsp3) is 0.118. The molecule has 126 valence electrons. The number of nitrogens with zero attached hydrogens (tertiary/aromatic N) is 2. The maximum absolute atomic E-state index is 13.0. The van der Waals surface area contributed by atoms with E-state index in [9.17, 15) is 9.18 Å². The maximum atomic E-state index is 13.0. The number of fused-ring (bicyclic) bond motifs is 3. The minimum absolute atomic E-state index is 0.289. The predicted octanol–water partition coefficient (Wildman–Crippen LogP) is 4.00. The smallest absolute Gasteiger partial charge is 0.276 e. The molecule has 8 heteroatoms. The van der Waals surface area contributed by atoms with Crippen LogP contribution in [0.4, 0.5) is 15.2 Å². The van der Waals surface area contributed by atoms with Gasteiger partial charge < -0.3 is 10.6 Å². The summed E-state index contributed by atoms with van der Waals surface area (Å²) in [4.78, 5) is 17.2. The number of thiazole rings is 1. The van der Waals surface area contributed by atoms with Gasteiger partial charge in [0, 0.05) is 12.2 Å². The third-order valence-electron chi connectivity index (χ3n) is 3.73. The number of hydrogen-bond donors (Lipinski definition) is 3. The highest BCUT2D eigenvalue weighted by molar-refractivity contribution is 7.23. The molecule has 0 radical (unpaired) electrons. The molecular weight excluding hydrogens is 341 g/mol. The van der Waals surface area contributed by atoms with Crippen molar-refractivity contribution in [1.82, 2.24) is 15.2 Å². The minimum Gasteiger partial charge on any atom is -0.362 e. The monoisotopic (exact) mass is 355 g/mol. The second kappa shape index (κ2) is 6.14. The van der Waals surface area contributed by atoms with E-state index in [1.54, 1.807) is 0 Å². The minimum atomic E-state index is -0.358. The highest BCUT2D eigenvalue weighted by atomic mass is 32.1. The van der Waals surface area contributed by atoms with Crippen molar-refractivity contribution in [2.24, 2.45) is 0 Å². The molecule has 4 rings (SSSR count). The number of benzene rings is 2. The van der Waals surface area contributed by atoms with Crippen LogP contribution in [0.25, 0.3) is 21.1 Å². The first-order valence-electron chi connectivity index (χ1n) is 7.74. The van der Waals surface area contributed by atoms with Crippen LogP contribution in [0.2, 0.25) is 0 Å². The largest absolute Gasteiger partial charge is 0.362 e. The number of halogens is 1. The topological polar surface area (TPSA) is 82.7 Å². The van der Waals surface area contributed by atoms with E-state index in [0.717, 1.165) is 32.8 Å². The summed E-state index contributed by atoms with van der Waals surface area (Å²) in [5.41, 5.74) is 2.37. The van der Waals surface area contributed by atoms with Crippen LogP contribution < -0.4 is 10.6 Å². The van der Waals surface area contributed by atoms with E-state index >= 15 is 0 Å². The zero-order valence-corrected chi connectivity index (χ0v) is 14.1. The average Bonchev–Trinajstić information content (AvgIpc) is 3.20. The lowest BCUT2D eigenvalue weighted by atomic mass is 10.2. The van der Waals surface area contributed by atoms with Crippen LogP contribution in [0.15, 0.2) is 36.4 Å². The molecule has 2 aromatic carbocycles.